The largest absolute Gasteiger partial charge is 0.268 e. The van der Waals surface area contributed by atoms with Gasteiger partial charge in [0.2, 0.25) is 17.7 Å². The summed E-state index contributed by atoms with van der Waals surface area (Å²) in [6.07, 6.45) is 6.05. The van der Waals surface area contributed by atoms with E-state index in [0.29, 0.717) is 59.8 Å². The first-order valence-corrected chi connectivity index (χ1v) is 25.0. The number of hydrogen-bond donors (Lipinski definition) is 1. The lowest BCUT2D eigenvalue weighted by Crippen LogP contribution is -2.29. The van der Waals surface area contributed by atoms with Crippen LogP contribution in [-0.2, 0) is 25.7 Å². The second-order valence-corrected chi connectivity index (χ2v) is 18.5. The molecule has 4 aromatic carbocycles. The summed E-state index contributed by atoms with van der Waals surface area (Å²) in [5.41, 5.74) is 9.52. The van der Waals surface area contributed by atoms with Gasteiger partial charge in [0.15, 0.2) is 0 Å². The van der Waals surface area contributed by atoms with Crippen LogP contribution in [-0.4, -0.2) is 59.7 Å². The minimum atomic E-state index is -0.235. The van der Waals surface area contributed by atoms with Gasteiger partial charge in [-0.25, -0.2) is 39.0 Å². The molecule has 0 aliphatic rings. The van der Waals surface area contributed by atoms with E-state index in [2.05, 4.69) is 60.5 Å². The highest BCUT2D eigenvalue weighted by atomic mass is 35.5. The quantitative estimate of drug-likeness (QED) is 0.0954. The molecule has 1 N–H and O–H groups in total. The van der Waals surface area contributed by atoms with E-state index in [4.69, 9.17) is 56.4 Å². The van der Waals surface area contributed by atoms with Crippen molar-refractivity contribution in [3.05, 3.63) is 201 Å². The Hall–Kier alpha value is -7.48. The van der Waals surface area contributed by atoms with E-state index < -0.39 is 0 Å². The first-order valence-electron chi connectivity index (χ1n) is 23.5. The second kappa shape index (κ2) is 23.8. The van der Waals surface area contributed by atoms with Crippen LogP contribution in [0.4, 0.5) is 0 Å². The van der Waals surface area contributed by atoms with Gasteiger partial charge in [0.1, 0.15) is 32.3 Å². The Morgan fingerprint density at radius 2 is 0.986 bits per heavy atom. The number of H-pyrrole nitrogens is 1. The number of unbranched alkanes of at least 4 members (excludes halogenated alkanes) is 2. The molecule has 5 heterocycles. The number of aromatic nitrogens is 12. The molecule has 0 spiro atoms. The van der Waals surface area contributed by atoms with Gasteiger partial charge in [-0.15, -0.1) is 10.2 Å². The normalized spacial score (nSPS) is 11.0. The summed E-state index contributed by atoms with van der Waals surface area (Å²) in [6, 6.07) is 36.4. The number of aryl methyl sites for hydroxylation is 4. The van der Waals surface area contributed by atoms with Crippen molar-refractivity contribution in [2.45, 2.75) is 79.1 Å². The van der Waals surface area contributed by atoms with Crippen LogP contribution in [0.1, 0.15) is 90.4 Å². The fraction of sp³-hybridized carbons (Fsp3) is 0.222. The second-order valence-electron chi connectivity index (χ2n) is 17.0. The fourth-order valence-electron chi connectivity index (χ4n) is 8.37. The number of nitrogens with zero attached hydrogens (tertiary/aromatic N) is 12. The lowest BCUT2D eigenvalue weighted by Gasteiger charge is -2.15. The zero-order chi connectivity index (χ0) is 51.6. The minimum Gasteiger partial charge on any atom is -0.268 e. The maximum atomic E-state index is 13.8. The van der Waals surface area contributed by atoms with E-state index >= 15 is 0 Å². The number of rotatable bonds is 15. The van der Waals surface area contributed by atoms with Gasteiger partial charge in [-0.05, 0) is 84.2 Å². The molecule has 15 nitrogen and oxygen atoms in total. The first kappa shape index (κ1) is 51.9. The first-order chi connectivity index (χ1) is 35.3. The van der Waals surface area contributed by atoms with Gasteiger partial charge in [-0.2, -0.15) is 10.5 Å². The summed E-state index contributed by atoms with van der Waals surface area (Å²) in [4.78, 5) is 53.8. The highest BCUT2D eigenvalue weighted by Crippen LogP contribution is 2.31. The summed E-state index contributed by atoms with van der Waals surface area (Å²) in [5, 5.41) is 24.4. The van der Waals surface area contributed by atoms with Crippen LogP contribution in [0.3, 0.4) is 0 Å². The maximum absolute atomic E-state index is 13.8. The van der Waals surface area contributed by atoms with E-state index in [9.17, 15) is 14.9 Å². The molecule has 368 valence electrons. The van der Waals surface area contributed by atoms with Crippen molar-refractivity contribution in [3.8, 4) is 51.6 Å². The van der Waals surface area contributed by atoms with Crippen LogP contribution in [0.5, 0.6) is 0 Å². The van der Waals surface area contributed by atoms with Crippen LogP contribution in [0.2, 0.25) is 20.6 Å². The van der Waals surface area contributed by atoms with Crippen molar-refractivity contribution in [1.29, 1.82) is 5.26 Å². The lowest BCUT2D eigenvalue weighted by molar-refractivity contribution is 0.721. The average molecular weight is 1050 g/mol. The Morgan fingerprint density at radius 3 is 1.41 bits per heavy atom. The van der Waals surface area contributed by atoms with Crippen molar-refractivity contribution in [3.63, 3.8) is 0 Å². The molecule has 0 saturated carbocycles. The molecule has 0 amide bonds. The van der Waals surface area contributed by atoms with Gasteiger partial charge in [0.05, 0.1) is 23.0 Å². The monoisotopic (exact) mass is 1050 g/mol. The van der Waals surface area contributed by atoms with Crippen molar-refractivity contribution >= 4 is 46.4 Å². The van der Waals surface area contributed by atoms with Gasteiger partial charge in [0, 0.05) is 41.7 Å². The van der Waals surface area contributed by atoms with E-state index in [-0.39, 0.29) is 43.6 Å². The van der Waals surface area contributed by atoms with Gasteiger partial charge in [-0.1, -0.05) is 164 Å². The molecule has 0 saturated heterocycles. The molecule has 9 aromatic rings. The summed E-state index contributed by atoms with van der Waals surface area (Å²) in [6.45, 7) is 7.73. The van der Waals surface area contributed by atoms with E-state index in [1.807, 2.05) is 91.0 Å². The highest BCUT2D eigenvalue weighted by molar-refractivity contribution is 6.33. The van der Waals surface area contributed by atoms with Crippen LogP contribution in [0.15, 0.2) is 119 Å². The smallest absolute Gasteiger partial charge is 0.264 e. The fourth-order valence-corrected chi connectivity index (χ4v) is 9.20. The van der Waals surface area contributed by atoms with Crippen molar-refractivity contribution in [2.75, 3.05) is 0 Å². The number of nitrogens with one attached hydrogen (secondary N) is 1. The Balaban J connectivity index is 0.000000196. The van der Waals surface area contributed by atoms with Crippen molar-refractivity contribution in [1.82, 2.24) is 59.7 Å². The molecular weight excluding hydrogens is 1000 g/mol. The molecule has 0 atom stereocenters. The Kier molecular flexibility index (Phi) is 16.9. The maximum Gasteiger partial charge on any atom is 0.264 e. The number of nitriles is 1. The molecule has 0 radical (unpaired) electrons. The molecule has 0 aliphatic heterocycles. The number of hydrogen-bond acceptors (Lipinski definition) is 12. The third-order valence-corrected chi connectivity index (χ3v) is 12.7. The number of benzene rings is 4. The summed E-state index contributed by atoms with van der Waals surface area (Å²) >= 11 is 24.3. The minimum absolute atomic E-state index is 0.101. The SMILES string of the molecule is CCCCc1nc(C)n(-c2nc(Cl)cc(Cl)n2)c(=O)c1Cc1ccc(-c2ccccc2-c2nn[nH]n2)cc1.CCCCc1nc(C)n(-c2nc(Cl)cc(Cl)n2)c(=O)c1Cc1ccc(-c2ccccc2C#N)cc1. The predicted molar refractivity (Wildman–Crippen MR) is 285 cm³/mol. The number of tetrazole rings is 1. The Morgan fingerprint density at radius 1 is 0.562 bits per heavy atom. The molecule has 0 unspecified atom stereocenters. The van der Waals surface area contributed by atoms with Crippen LogP contribution in [0.25, 0.3) is 45.5 Å². The van der Waals surface area contributed by atoms with E-state index in [0.717, 1.165) is 76.0 Å². The molecule has 73 heavy (non-hydrogen) atoms. The molecule has 9 rings (SSSR count). The Bertz CT molecular complexity index is 3540. The standard InChI is InChI=1S/C27H24Cl2N8O.C27H23Cl2N5O/c1-3-4-9-22-21(26(38)37(16(2)30-22)27-31-23(28)15-24(29)32-27)14-17-10-12-18(13-11-17)19-7-5-6-8-20(19)25-33-35-36-34-25;1-3-4-9-23-22(26(35)34(17(2)31-23)27-32-24(28)15-25(29)33-27)14-18-10-12-19(13-11-18)21-8-6-5-7-20(21)16-30/h5-8,10-13,15H,3-4,9,14H2,1-2H3,(H,33,34,35,36);5-8,10-13,15H,3-4,9,14H2,1-2H3. The molecule has 5 aromatic heterocycles. The zero-order valence-corrected chi connectivity index (χ0v) is 43.3. The molecule has 19 heteroatoms. The topological polar surface area (TPSA) is 200 Å². The molecule has 0 fully saturated rings. The van der Waals surface area contributed by atoms with Gasteiger partial charge >= 0.3 is 0 Å². The third kappa shape index (κ3) is 12.2. The summed E-state index contributed by atoms with van der Waals surface area (Å²) in [7, 11) is 0. The van der Waals surface area contributed by atoms with E-state index in [1.54, 1.807) is 19.9 Å². The highest BCUT2D eigenvalue weighted by Gasteiger charge is 2.21. The number of halogens is 4. The average Bonchev–Trinajstić information content (AvgIpc) is 3.92. The van der Waals surface area contributed by atoms with Crippen LogP contribution < -0.4 is 11.1 Å². The van der Waals surface area contributed by atoms with E-state index in [1.165, 1.54) is 21.3 Å². The van der Waals surface area contributed by atoms with Gasteiger partial charge in [-0.3, -0.25) is 9.59 Å². The molecule has 0 bridgehead atoms. The summed E-state index contributed by atoms with van der Waals surface area (Å²) in [5.74, 6) is 1.70. The Labute approximate surface area is 441 Å². The molecule has 0 aliphatic carbocycles. The predicted octanol–water partition coefficient (Wildman–Crippen LogP) is 11.5. The van der Waals surface area contributed by atoms with Crippen LogP contribution in [0, 0.1) is 25.2 Å². The summed E-state index contributed by atoms with van der Waals surface area (Å²) < 4.78 is 2.73. The molecular formula is C54H47Cl4N13O2. The van der Waals surface area contributed by atoms with Crippen molar-refractivity contribution in [2.24, 2.45) is 0 Å². The van der Waals surface area contributed by atoms with Crippen LogP contribution >= 0.6 is 46.4 Å². The third-order valence-electron chi connectivity index (χ3n) is 12.0. The van der Waals surface area contributed by atoms with Gasteiger partial charge < -0.3 is 0 Å². The lowest BCUT2D eigenvalue weighted by atomic mass is 9.96. The number of aromatic amines is 1. The van der Waals surface area contributed by atoms with Crippen molar-refractivity contribution < 1.29 is 0 Å². The van der Waals surface area contributed by atoms with Gasteiger partial charge in [0.25, 0.3) is 11.1 Å². The zero-order valence-electron chi connectivity index (χ0n) is 40.2.